The van der Waals surface area contributed by atoms with E-state index in [1.54, 1.807) is 0 Å². The minimum atomic E-state index is 0.371. The quantitative estimate of drug-likeness (QED) is 0.495. The highest BCUT2D eigenvalue weighted by molar-refractivity contribution is 5.22. The highest BCUT2D eigenvalue weighted by Crippen LogP contribution is 2.21. The molecule has 1 rings (SSSR count). The van der Waals surface area contributed by atoms with Gasteiger partial charge in [-0.1, -0.05) is 32.0 Å². The molecule has 1 unspecified atom stereocenters. The molecule has 1 aromatic carbocycles. The third kappa shape index (κ3) is 6.10. The molecule has 3 nitrogen and oxygen atoms in total. The van der Waals surface area contributed by atoms with Crippen molar-refractivity contribution in [3.05, 3.63) is 42.4 Å². The Bertz CT molecular complexity index is 452. The van der Waals surface area contributed by atoms with Gasteiger partial charge in [0.15, 0.2) is 0 Å². The minimum Gasteiger partial charge on any atom is -0.466 e. The Labute approximate surface area is 136 Å². The molecule has 124 valence electrons. The van der Waals surface area contributed by atoms with Crippen molar-refractivity contribution < 1.29 is 14.0 Å². The third-order valence-electron chi connectivity index (χ3n) is 4.00. The molecule has 0 bridgehead atoms. The fourth-order valence-electron chi connectivity index (χ4n) is 2.29. The van der Waals surface area contributed by atoms with Crippen LogP contribution < -0.4 is 4.74 Å². The van der Waals surface area contributed by atoms with Gasteiger partial charge in [0.1, 0.15) is 11.8 Å². The number of quaternary nitrogens is 1. The van der Waals surface area contributed by atoms with E-state index in [9.17, 15) is 0 Å². The number of rotatable bonds is 9. The van der Waals surface area contributed by atoms with E-state index in [1.165, 1.54) is 0 Å². The molecule has 0 amide bonds. The summed E-state index contributed by atoms with van der Waals surface area (Å²) in [5.41, 5.74) is 0. The zero-order valence-electron chi connectivity index (χ0n) is 15.0. The lowest BCUT2D eigenvalue weighted by atomic mass is 10.0. The van der Waals surface area contributed by atoms with Gasteiger partial charge in [0.25, 0.3) is 5.95 Å². The van der Waals surface area contributed by atoms with Crippen molar-refractivity contribution in [3.63, 3.8) is 0 Å². The number of benzene rings is 1. The first-order valence-corrected chi connectivity index (χ1v) is 8.29. The Kier molecular flexibility index (Phi) is 7.46. The maximum atomic E-state index is 5.94. The second-order valence-corrected chi connectivity index (χ2v) is 6.63. The van der Waals surface area contributed by atoms with E-state index >= 15 is 0 Å². The SMILES string of the molecule is CCOC(=CC(CC(C)C)[N+](C)(C)CC)Oc1ccccc1. The van der Waals surface area contributed by atoms with E-state index in [2.05, 4.69) is 40.9 Å². The summed E-state index contributed by atoms with van der Waals surface area (Å²) in [7, 11) is 4.52. The van der Waals surface area contributed by atoms with Gasteiger partial charge >= 0.3 is 0 Å². The molecule has 0 aliphatic carbocycles. The fraction of sp³-hybridized carbons (Fsp3) is 0.579. The molecule has 0 N–H and O–H groups in total. The van der Waals surface area contributed by atoms with Crippen molar-refractivity contribution in [2.45, 2.75) is 40.2 Å². The van der Waals surface area contributed by atoms with E-state index in [4.69, 9.17) is 9.47 Å². The van der Waals surface area contributed by atoms with E-state index in [-0.39, 0.29) is 0 Å². The second kappa shape index (κ2) is 8.84. The van der Waals surface area contributed by atoms with Crippen molar-refractivity contribution in [1.82, 2.24) is 0 Å². The van der Waals surface area contributed by atoms with Crippen LogP contribution in [-0.2, 0) is 4.74 Å². The van der Waals surface area contributed by atoms with Gasteiger partial charge in [-0.2, -0.15) is 0 Å². The first-order valence-electron chi connectivity index (χ1n) is 8.29. The summed E-state index contributed by atoms with van der Waals surface area (Å²) in [5.74, 6) is 2.05. The van der Waals surface area contributed by atoms with E-state index in [0.29, 0.717) is 24.5 Å². The Morgan fingerprint density at radius 3 is 2.27 bits per heavy atom. The van der Waals surface area contributed by atoms with Gasteiger partial charge in [0.05, 0.1) is 33.3 Å². The molecule has 3 heteroatoms. The van der Waals surface area contributed by atoms with Gasteiger partial charge in [0.2, 0.25) is 0 Å². The average Bonchev–Trinajstić information content (AvgIpc) is 2.47. The summed E-state index contributed by atoms with van der Waals surface area (Å²) < 4.78 is 12.6. The molecule has 1 atom stereocenters. The van der Waals surface area contributed by atoms with E-state index < -0.39 is 0 Å². The summed E-state index contributed by atoms with van der Waals surface area (Å²) >= 11 is 0. The summed E-state index contributed by atoms with van der Waals surface area (Å²) in [6, 6.07) is 10.2. The summed E-state index contributed by atoms with van der Waals surface area (Å²) in [6.07, 6.45) is 3.26. The molecule has 0 aromatic heterocycles. The van der Waals surface area contributed by atoms with Gasteiger partial charge < -0.3 is 14.0 Å². The van der Waals surface area contributed by atoms with Gasteiger partial charge in [-0.05, 0) is 31.9 Å². The Balaban J connectivity index is 2.99. The topological polar surface area (TPSA) is 18.5 Å². The van der Waals surface area contributed by atoms with Gasteiger partial charge in [-0.15, -0.1) is 0 Å². The van der Waals surface area contributed by atoms with Crippen LogP contribution in [0.15, 0.2) is 42.4 Å². The predicted molar refractivity (Wildman–Crippen MR) is 92.7 cm³/mol. The molecule has 1 aromatic rings. The van der Waals surface area contributed by atoms with Crippen LogP contribution >= 0.6 is 0 Å². The zero-order chi connectivity index (χ0) is 16.6. The first-order chi connectivity index (χ1) is 10.4. The normalized spacial score (nSPS) is 14.0. The van der Waals surface area contributed by atoms with Gasteiger partial charge in [0, 0.05) is 6.42 Å². The molecule has 0 spiro atoms. The maximum absolute atomic E-state index is 5.94. The number of hydrogen-bond donors (Lipinski definition) is 0. The number of ether oxygens (including phenoxy) is 2. The predicted octanol–water partition coefficient (Wildman–Crippen LogP) is 4.45. The zero-order valence-corrected chi connectivity index (χ0v) is 15.0. The van der Waals surface area contributed by atoms with Crippen LogP contribution in [0.3, 0.4) is 0 Å². The molecular formula is C19H32NO2+. The number of likely N-dealkylation sites (N-methyl/N-ethyl adjacent to an activating group) is 1. The highest BCUT2D eigenvalue weighted by atomic mass is 16.7. The molecule has 0 aliphatic heterocycles. The van der Waals surface area contributed by atoms with Crippen molar-refractivity contribution in [3.8, 4) is 5.75 Å². The molecule has 22 heavy (non-hydrogen) atoms. The van der Waals surface area contributed by atoms with E-state index in [0.717, 1.165) is 23.2 Å². The highest BCUT2D eigenvalue weighted by Gasteiger charge is 2.27. The lowest BCUT2D eigenvalue weighted by molar-refractivity contribution is -0.907. The lowest BCUT2D eigenvalue weighted by Crippen LogP contribution is -2.48. The van der Waals surface area contributed by atoms with Gasteiger partial charge in [-0.25, -0.2) is 0 Å². The molecule has 0 fully saturated rings. The summed E-state index contributed by atoms with van der Waals surface area (Å²) in [6.45, 7) is 10.4. The molecule has 0 saturated heterocycles. The van der Waals surface area contributed by atoms with Crippen LogP contribution in [0, 0.1) is 5.92 Å². The number of para-hydroxylation sites is 1. The molecule has 0 heterocycles. The number of nitrogens with zero attached hydrogens (tertiary/aromatic N) is 1. The molecule has 0 aliphatic rings. The number of hydrogen-bond acceptors (Lipinski definition) is 2. The van der Waals surface area contributed by atoms with Crippen molar-refractivity contribution in [2.75, 3.05) is 27.2 Å². The van der Waals surface area contributed by atoms with Gasteiger partial charge in [-0.3, -0.25) is 0 Å². The Hall–Kier alpha value is -1.48. The standard InChI is InChI=1S/C19H32NO2/c1-7-20(5,6)17(14-16(3)4)15-19(21-8-2)22-18-12-10-9-11-13-18/h9-13,15-17H,7-8,14H2,1-6H3/q+1. The first kappa shape index (κ1) is 18.6. The maximum Gasteiger partial charge on any atom is 0.286 e. The minimum absolute atomic E-state index is 0.371. The van der Waals surface area contributed by atoms with E-state index in [1.807, 2.05) is 37.3 Å². The summed E-state index contributed by atoms with van der Waals surface area (Å²) in [4.78, 5) is 0. The third-order valence-corrected chi connectivity index (χ3v) is 4.00. The van der Waals surface area contributed by atoms with Crippen LogP contribution in [0.5, 0.6) is 5.75 Å². The van der Waals surface area contributed by atoms with Crippen molar-refractivity contribution in [2.24, 2.45) is 5.92 Å². The van der Waals surface area contributed by atoms with Crippen LogP contribution in [0.4, 0.5) is 0 Å². The Morgan fingerprint density at radius 2 is 1.77 bits per heavy atom. The van der Waals surface area contributed by atoms with Crippen LogP contribution in [0.1, 0.15) is 34.1 Å². The molecule has 0 radical (unpaired) electrons. The largest absolute Gasteiger partial charge is 0.466 e. The van der Waals surface area contributed by atoms with Crippen molar-refractivity contribution in [1.29, 1.82) is 0 Å². The monoisotopic (exact) mass is 306 g/mol. The van der Waals surface area contributed by atoms with Crippen LogP contribution in [0.2, 0.25) is 0 Å². The van der Waals surface area contributed by atoms with Crippen molar-refractivity contribution >= 4 is 0 Å². The summed E-state index contributed by atoms with van der Waals surface area (Å²) in [5, 5.41) is 0. The smallest absolute Gasteiger partial charge is 0.286 e. The Morgan fingerprint density at radius 1 is 1.14 bits per heavy atom. The molecular weight excluding hydrogens is 274 g/mol. The fourth-order valence-corrected chi connectivity index (χ4v) is 2.29. The van der Waals surface area contributed by atoms with Crippen LogP contribution in [-0.4, -0.2) is 37.8 Å². The average molecular weight is 306 g/mol. The second-order valence-electron chi connectivity index (χ2n) is 6.63. The molecule has 0 saturated carbocycles. The van der Waals surface area contributed by atoms with Crippen LogP contribution in [0.25, 0.3) is 0 Å². The lowest BCUT2D eigenvalue weighted by Gasteiger charge is -2.36.